The van der Waals surface area contributed by atoms with E-state index in [2.05, 4.69) is 20.6 Å². The molecule has 3 aromatic carbocycles. The molecule has 1 aliphatic rings. The Morgan fingerprint density at radius 1 is 1.00 bits per heavy atom. The smallest absolute Gasteiger partial charge is 0.258 e. The van der Waals surface area contributed by atoms with Crippen LogP contribution in [0.5, 0.6) is 0 Å². The number of para-hydroxylation sites is 1. The van der Waals surface area contributed by atoms with Crippen LogP contribution in [-0.2, 0) is 11.3 Å². The van der Waals surface area contributed by atoms with E-state index in [1.54, 1.807) is 6.33 Å². The molecule has 0 radical (unpaired) electrons. The van der Waals surface area contributed by atoms with E-state index in [1.165, 1.54) is 0 Å². The molecule has 0 spiro atoms. The lowest BCUT2D eigenvalue weighted by Gasteiger charge is -2.16. The molecule has 0 bridgehead atoms. The number of aromatic amines is 1. The highest BCUT2D eigenvalue weighted by Gasteiger charge is 2.28. The van der Waals surface area contributed by atoms with Gasteiger partial charge in [-0.05, 0) is 35.4 Å². The van der Waals surface area contributed by atoms with Crippen LogP contribution >= 0.6 is 0 Å². The van der Waals surface area contributed by atoms with Gasteiger partial charge in [0.25, 0.3) is 5.91 Å². The summed E-state index contributed by atoms with van der Waals surface area (Å²) >= 11 is 0. The van der Waals surface area contributed by atoms with Crippen LogP contribution in [0.2, 0.25) is 0 Å². The minimum atomic E-state index is -0.130. The highest BCUT2D eigenvalue weighted by Crippen LogP contribution is 2.37. The standard InChI is InChI=1S/C25H21N5O/c26-13-16-4-3-5-18(12-16)24(23-20-6-1-2-7-21(20)30-25(23)31)29-19-10-8-17(9-11-19)22-14-27-15-28-22/h1-12,14-15,29H,13,26H2,(H,27,28)(H,30,31). The number of carbonyl (C=O) groups is 1. The predicted molar refractivity (Wildman–Crippen MR) is 124 cm³/mol. The van der Waals surface area contributed by atoms with Crippen molar-refractivity contribution in [2.75, 3.05) is 10.6 Å². The Morgan fingerprint density at radius 3 is 2.61 bits per heavy atom. The van der Waals surface area contributed by atoms with E-state index in [0.717, 1.165) is 45.0 Å². The third-order valence-corrected chi connectivity index (χ3v) is 5.32. The number of imidazole rings is 1. The Hall–Kier alpha value is -4.16. The number of carbonyl (C=O) groups excluding carboxylic acids is 1. The lowest BCUT2D eigenvalue weighted by Crippen LogP contribution is -2.10. The van der Waals surface area contributed by atoms with Gasteiger partial charge in [0.2, 0.25) is 0 Å². The van der Waals surface area contributed by atoms with Gasteiger partial charge in [-0.15, -0.1) is 0 Å². The summed E-state index contributed by atoms with van der Waals surface area (Å²) in [7, 11) is 0. The second-order valence-electron chi connectivity index (χ2n) is 7.31. The van der Waals surface area contributed by atoms with Crippen LogP contribution < -0.4 is 16.4 Å². The summed E-state index contributed by atoms with van der Waals surface area (Å²) in [6.45, 7) is 0.428. The summed E-state index contributed by atoms with van der Waals surface area (Å²) in [5.41, 5.74) is 13.6. The van der Waals surface area contributed by atoms with Gasteiger partial charge < -0.3 is 21.4 Å². The van der Waals surface area contributed by atoms with Crippen LogP contribution in [0.25, 0.3) is 22.5 Å². The molecule has 0 saturated heterocycles. The first kappa shape index (κ1) is 18.8. The van der Waals surface area contributed by atoms with Crippen LogP contribution in [0.3, 0.4) is 0 Å². The monoisotopic (exact) mass is 407 g/mol. The number of nitrogens with zero attached hydrogens (tertiary/aromatic N) is 1. The maximum atomic E-state index is 13.0. The molecule has 0 fully saturated rings. The average Bonchev–Trinajstić information content (AvgIpc) is 3.46. The van der Waals surface area contributed by atoms with Gasteiger partial charge in [0.1, 0.15) is 0 Å². The zero-order valence-corrected chi connectivity index (χ0v) is 16.7. The molecule has 1 amide bonds. The molecule has 2 heterocycles. The molecule has 6 heteroatoms. The molecule has 0 saturated carbocycles. The summed E-state index contributed by atoms with van der Waals surface area (Å²) < 4.78 is 0. The SMILES string of the molecule is NCc1cccc(C(Nc2ccc(-c3c[nH]cn3)cc2)=C2C(=O)Nc3ccccc32)c1. The first-order valence-electron chi connectivity index (χ1n) is 10.0. The predicted octanol–water partition coefficient (Wildman–Crippen LogP) is 4.47. The van der Waals surface area contributed by atoms with E-state index >= 15 is 0 Å². The van der Waals surface area contributed by atoms with Crippen molar-refractivity contribution in [2.24, 2.45) is 5.73 Å². The Morgan fingerprint density at radius 2 is 1.84 bits per heavy atom. The van der Waals surface area contributed by atoms with E-state index in [0.29, 0.717) is 12.1 Å². The van der Waals surface area contributed by atoms with Gasteiger partial charge >= 0.3 is 0 Å². The molecule has 0 atom stereocenters. The zero-order valence-electron chi connectivity index (χ0n) is 16.7. The fourth-order valence-corrected chi connectivity index (χ4v) is 3.79. The number of rotatable bonds is 5. The van der Waals surface area contributed by atoms with E-state index in [4.69, 9.17) is 5.73 Å². The number of fused-ring (bicyclic) bond motifs is 1. The quantitative estimate of drug-likeness (QED) is 0.367. The van der Waals surface area contributed by atoms with E-state index in [9.17, 15) is 4.79 Å². The molecule has 1 aliphatic heterocycles. The lowest BCUT2D eigenvalue weighted by molar-refractivity contribution is -0.110. The number of aromatic nitrogens is 2. The molecule has 31 heavy (non-hydrogen) atoms. The second-order valence-corrected chi connectivity index (χ2v) is 7.31. The van der Waals surface area contributed by atoms with Gasteiger partial charge in [0.05, 0.1) is 23.3 Å². The van der Waals surface area contributed by atoms with Gasteiger partial charge in [-0.2, -0.15) is 0 Å². The third kappa shape index (κ3) is 3.60. The van der Waals surface area contributed by atoms with Crippen molar-refractivity contribution in [1.29, 1.82) is 0 Å². The summed E-state index contributed by atoms with van der Waals surface area (Å²) in [6.07, 6.45) is 3.51. The van der Waals surface area contributed by atoms with Gasteiger partial charge in [0.15, 0.2) is 0 Å². The van der Waals surface area contributed by atoms with Crippen molar-refractivity contribution in [1.82, 2.24) is 9.97 Å². The number of anilines is 2. The first-order valence-corrected chi connectivity index (χ1v) is 10.0. The van der Waals surface area contributed by atoms with Gasteiger partial charge in [-0.25, -0.2) is 4.98 Å². The summed E-state index contributed by atoms with van der Waals surface area (Å²) in [4.78, 5) is 20.2. The topological polar surface area (TPSA) is 95.8 Å². The highest BCUT2D eigenvalue weighted by molar-refractivity contribution is 6.37. The van der Waals surface area contributed by atoms with Crippen LogP contribution in [0.4, 0.5) is 11.4 Å². The van der Waals surface area contributed by atoms with Crippen molar-refractivity contribution in [3.05, 3.63) is 102 Å². The number of nitrogens with two attached hydrogens (primary N) is 1. The maximum absolute atomic E-state index is 13.0. The van der Waals surface area contributed by atoms with Crippen molar-refractivity contribution < 1.29 is 4.79 Å². The number of nitrogens with one attached hydrogen (secondary N) is 3. The molecule has 0 unspecified atom stereocenters. The lowest BCUT2D eigenvalue weighted by atomic mass is 9.98. The van der Waals surface area contributed by atoms with Crippen molar-refractivity contribution >= 4 is 28.6 Å². The van der Waals surface area contributed by atoms with Crippen molar-refractivity contribution in [2.45, 2.75) is 6.54 Å². The summed E-state index contributed by atoms with van der Waals surface area (Å²) in [5, 5.41) is 6.45. The first-order chi connectivity index (χ1) is 15.2. The minimum Gasteiger partial charge on any atom is -0.354 e. The minimum absolute atomic E-state index is 0.130. The highest BCUT2D eigenvalue weighted by atomic mass is 16.2. The maximum Gasteiger partial charge on any atom is 0.258 e. The number of H-pyrrole nitrogens is 1. The number of amides is 1. The van der Waals surface area contributed by atoms with Crippen LogP contribution in [0.1, 0.15) is 16.7 Å². The molecule has 6 nitrogen and oxygen atoms in total. The van der Waals surface area contributed by atoms with Crippen LogP contribution in [0.15, 0.2) is 85.3 Å². The third-order valence-electron chi connectivity index (χ3n) is 5.32. The number of hydrogen-bond acceptors (Lipinski definition) is 4. The molecule has 1 aromatic heterocycles. The molecule has 152 valence electrons. The fourth-order valence-electron chi connectivity index (χ4n) is 3.79. The van der Waals surface area contributed by atoms with Crippen molar-refractivity contribution in [3.63, 3.8) is 0 Å². The molecular formula is C25H21N5O. The summed E-state index contributed by atoms with van der Waals surface area (Å²) in [6, 6.07) is 23.6. The van der Waals surface area contributed by atoms with E-state index < -0.39 is 0 Å². The van der Waals surface area contributed by atoms with Crippen LogP contribution in [-0.4, -0.2) is 15.9 Å². The Balaban J connectivity index is 1.61. The molecule has 5 N–H and O–H groups in total. The Kier molecular flexibility index (Phi) is 4.82. The largest absolute Gasteiger partial charge is 0.354 e. The van der Waals surface area contributed by atoms with E-state index in [-0.39, 0.29) is 5.91 Å². The normalized spacial score (nSPS) is 14.2. The summed E-state index contributed by atoms with van der Waals surface area (Å²) in [5.74, 6) is -0.130. The molecule has 0 aliphatic carbocycles. The number of hydrogen-bond donors (Lipinski definition) is 4. The van der Waals surface area contributed by atoms with Gasteiger partial charge in [-0.1, -0.05) is 48.5 Å². The van der Waals surface area contributed by atoms with Crippen LogP contribution in [0, 0.1) is 0 Å². The number of benzene rings is 3. The Labute approximate surface area is 179 Å². The fraction of sp³-hybridized carbons (Fsp3) is 0.0400. The van der Waals surface area contributed by atoms with Gasteiger partial charge in [0, 0.05) is 35.2 Å². The molecule has 4 aromatic rings. The molecular weight excluding hydrogens is 386 g/mol. The zero-order chi connectivity index (χ0) is 21.2. The molecule has 5 rings (SSSR count). The van der Waals surface area contributed by atoms with Crippen molar-refractivity contribution in [3.8, 4) is 11.3 Å². The van der Waals surface area contributed by atoms with Gasteiger partial charge in [-0.3, -0.25) is 4.79 Å². The second kappa shape index (κ2) is 7.93. The average molecular weight is 407 g/mol. The van der Waals surface area contributed by atoms with E-state index in [1.807, 2.05) is 79.0 Å². The Bertz CT molecular complexity index is 1270.